The number of benzene rings is 1. The van der Waals surface area contributed by atoms with Crippen LogP contribution in [0.25, 0.3) is 0 Å². The van der Waals surface area contributed by atoms with Gasteiger partial charge in [-0.15, -0.1) is 0 Å². The second-order valence-corrected chi connectivity index (χ2v) is 6.91. The summed E-state index contributed by atoms with van der Waals surface area (Å²) in [5.74, 6) is 0.290. The molecule has 1 aromatic carbocycles. The number of nitrogens with zero attached hydrogens (tertiary/aromatic N) is 2. The molecule has 0 saturated carbocycles. The molecule has 0 spiro atoms. The molecule has 5 nitrogen and oxygen atoms in total. The highest BCUT2D eigenvalue weighted by molar-refractivity contribution is 7.99. The Morgan fingerprint density at radius 1 is 1.05 bits per heavy atom. The normalized spacial score (nSPS) is 11.3. The predicted molar refractivity (Wildman–Crippen MR) is 77.5 cm³/mol. The zero-order chi connectivity index (χ0) is 14.8. The first-order chi connectivity index (χ1) is 9.32. The zero-order valence-corrected chi connectivity index (χ0v) is 13.0. The van der Waals surface area contributed by atoms with Crippen molar-refractivity contribution < 1.29 is 12.6 Å². The summed E-state index contributed by atoms with van der Waals surface area (Å²) >= 11 is 1.42. The fraction of sp³-hybridized carbons (Fsp3) is 0.231. The molecule has 0 aliphatic heterocycles. The van der Waals surface area contributed by atoms with Crippen molar-refractivity contribution in [2.75, 3.05) is 6.26 Å². The molecule has 0 unspecified atom stereocenters. The van der Waals surface area contributed by atoms with Crippen molar-refractivity contribution in [1.29, 1.82) is 0 Å². The van der Waals surface area contributed by atoms with E-state index in [0.29, 0.717) is 5.16 Å². The lowest BCUT2D eigenvalue weighted by molar-refractivity contribution is 0.493. The minimum absolute atomic E-state index is 0.290. The maximum absolute atomic E-state index is 11.0. The highest BCUT2D eigenvalue weighted by Gasteiger charge is 2.06. The molecular formula is C13H14N2O3S2. The van der Waals surface area contributed by atoms with E-state index in [-0.39, 0.29) is 5.75 Å². The van der Waals surface area contributed by atoms with Gasteiger partial charge < -0.3 is 4.18 Å². The number of hydrogen-bond donors (Lipinski definition) is 0. The van der Waals surface area contributed by atoms with Crippen LogP contribution >= 0.6 is 11.8 Å². The van der Waals surface area contributed by atoms with Crippen molar-refractivity contribution in [3.05, 3.63) is 41.7 Å². The molecule has 0 aliphatic rings. The van der Waals surface area contributed by atoms with Crippen molar-refractivity contribution in [1.82, 2.24) is 9.97 Å². The Morgan fingerprint density at radius 2 is 1.60 bits per heavy atom. The van der Waals surface area contributed by atoms with Crippen LogP contribution in [-0.2, 0) is 10.1 Å². The summed E-state index contributed by atoms with van der Waals surface area (Å²) in [6.45, 7) is 3.84. The lowest BCUT2D eigenvalue weighted by Crippen LogP contribution is -2.05. The van der Waals surface area contributed by atoms with Gasteiger partial charge in [0.2, 0.25) is 0 Å². The number of aromatic nitrogens is 2. The molecule has 1 heterocycles. The van der Waals surface area contributed by atoms with E-state index in [1.807, 2.05) is 19.9 Å². The van der Waals surface area contributed by atoms with Crippen LogP contribution in [0.5, 0.6) is 5.75 Å². The van der Waals surface area contributed by atoms with Crippen LogP contribution < -0.4 is 4.18 Å². The average molecular weight is 310 g/mol. The highest BCUT2D eigenvalue weighted by Crippen LogP contribution is 2.27. The smallest absolute Gasteiger partial charge is 0.306 e. The first-order valence-corrected chi connectivity index (χ1v) is 8.45. The third kappa shape index (κ3) is 4.50. The van der Waals surface area contributed by atoms with E-state index in [2.05, 4.69) is 9.97 Å². The highest BCUT2D eigenvalue weighted by atomic mass is 32.2. The number of hydrogen-bond acceptors (Lipinski definition) is 6. The van der Waals surface area contributed by atoms with Gasteiger partial charge in [0.1, 0.15) is 5.75 Å². The fourth-order valence-electron chi connectivity index (χ4n) is 1.58. The van der Waals surface area contributed by atoms with E-state index in [9.17, 15) is 8.42 Å². The minimum atomic E-state index is -3.49. The van der Waals surface area contributed by atoms with E-state index in [0.717, 1.165) is 22.5 Å². The van der Waals surface area contributed by atoms with Crippen molar-refractivity contribution >= 4 is 21.9 Å². The Bertz CT molecular complexity index is 693. The Balaban J connectivity index is 2.14. The molecule has 0 aliphatic carbocycles. The standard InChI is InChI=1S/C13H14N2O3S2/c1-9-8-10(2)15-13(14-9)19-12-6-4-11(5-7-12)18-20(3,16)17/h4-8H,1-3H3. The molecule has 0 bridgehead atoms. The molecule has 0 radical (unpaired) electrons. The maximum atomic E-state index is 11.0. The summed E-state index contributed by atoms with van der Waals surface area (Å²) in [6.07, 6.45) is 1.01. The van der Waals surface area contributed by atoms with Crippen LogP contribution in [-0.4, -0.2) is 24.6 Å². The third-order valence-electron chi connectivity index (χ3n) is 2.24. The quantitative estimate of drug-likeness (QED) is 0.638. The van der Waals surface area contributed by atoms with Gasteiger partial charge in [0.25, 0.3) is 0 Å². The lowest BCUT2D eigenvalue weighted by atomic mass is 10.3. The second kappa shape index (κ2) is 5.80. The van der Waals surface area contributed by atoms with Crippen LogP contribution in [0, 0.1) is 13.8 Å². The Morgan fingerprint density at radius 3 is 2.10 bits per heavy atom. The van der Waals surface area contributed by atoms with Crippen LogP contribution in [0.3, 0.4) is 0 Å². The lowest BCUT2D eigenvalue weighted by Gasteiger charge is -2.05. The van der Waals surface area contributed by atoms with Crippen molar-refractivity contribution in [2.45, 2.75) is 23.9 Å². The summed E-state index contributed by atoms with van der Waals surface area (Å²) in [5.41, 5.74) is 1.83. The van der Waals surface area contributed by atoms with Crippen LogP contribution in [0.4, 0.5) is 0 Å². The molecule has 7 heteroatoms. The Labute approximate surface area is 122 Å². The van der Waals surface area contributed by atoms with E-state index in [1.54, 1.807) is 24.3 Å². The van der Waals surface area contributed by atoms with Gasteiger partial charge in [-0.1, -0.05) is 0 Å². The summed E-state index contributed by atoms with van der Waals surface area (Å²) in [5, 5.41) is 0.666. The molecule has 0 atom stereocenters. The first kappa shape index (κ1) is 14.8. The summed E-state index contributed by atoms with van der Waals surface area (Å²) in [7, 11) is -3.49. The Kier molecular flexibility index (Phi) is 4.29. The molecule has 0 N–H and O–H groups in total. The van der Waals surface area contributed by atoms with Crippen molar-refractivity contribution in [3.63, 3.8) is 0 Å². The molecule has 0 saturated heterocycles. The zero-order valence-electron chi connectivity index (χ0n) is 11.3. The van der Waals surface area contributed by atoms with E-state index < -0.39 is 10.1 Å². The van der Waals surface area contributed by atoms with Crippen LogP contribution in [0.2, 0.25) is 0 Å². The van der Waals surface area contributed by atoms with Gasteiger partial charge in [-0.3, -0.25) is 0 Å². The summed E-state index contributed by atoms with van der Waals surface area (Å²) < 4.78 is 26.8. The third-order valence-corrected chi connectivity index (χ3v) is 3.61. The molecule has 2 rings (SSSR count). The monoisotopic (exact) mass is 310 g/mol. The maximum Gasteiger partial charge on any atom is 0.306 e. The van der Waals surface area contributed by atoms with Crippen LogP contribution in [0.1, 0.15) is 11.4 Å². The van der Waals surface area contributed by atoms with Gasteiger partial charge in [0, 0.05) is 16.3 Å². The predicted octanol–water partition coefficient (Wildman–Crippen LogP) is 2.58. The van der Waals surface area contributed by atoms with Gasteiger partial charge in [0.05, 0.1) is 6.26 Å². The van der Waals surface area contributed by atoms with Gasteiger partial charge in [-0.25, -0.2) is 9.97 Å². The van der Waals surface area contributed by atoms with E-state index in [1.165, 1.54) is 11.8 Å². The molecule has 20 heavy (non-hydrogen) atoms. The van der Waals surface area contributed by atoms with Gasteiger partial charge in [-0.05, 0) is 55.9 Å². The fourth-order valence-corrected chi connectivity index (χ4v) is 2.91. The van der Waals surface area contributed by atoms with Crippen molar-refractivity contribution in [2.24, 2.45) is 0 Å². The molecular weight excluding hydrogens is 296 g/mol. The van der Waals surface area contributed by atoms with Gasteiger partial charge >= 0.3 is 10.1 Å². The van der Waals surface area contributed by atoms with Gasteiger partial charge in [-0.2, -0.15) is 8.42 Å². The molecule has 0 amide bonds. The first-order valence-electron chi connectivity index (χ1n) is 5.81. The topological polar surface area (TPSA) is 69.2 Å². The summed E-state index contributed by atoms with van der Waals surface area (Å²) in [4.78, 5) is 9.58. The molecule has 0 fully saturated rings. The van der Waals surface area contributed by atoms with E-state index >= 15 is 0 Å². The molecule has 1 aromatic heterocycles. The van der Waals surface area contributed by atoms with Crippen molar-refractivity contribution in [3.8, 4) is 5.75 Å². The largest absolute Gasteiger partial charge is 0.383 e. The number of aryl methyl sites for hydroxylation is 2. The van der Waals surface area contributed by atoms with Crippen LogP contribution in [0.15, 0.2) is 40.4 Å². The SMILES string of the molecule is Cc1cc(C)nc(Sc2ccc(OS(C)(=O)=O)cc2)n1. The Hall–Kier alpha value is -1.60. The average Bonchev–Trinajstić information content (AvgIpc) is 2.28. The van der Waals surface area contributed by atoms with Gasteiger partial charge in [0.15, 0.2) is 5.16 Å². The second-order valence-electron chi connectivity index (χ2n) is 4.29. The van der Waals surface area contributed by atoms with E-state index in [4.69, 9.17) is 4.18 Å². The summed E-state index contributed by atoms with van der Waals surface area (Å²) in [6, 6.07) is 8.66. The molecule has 2 aromatic rings. The minimum Gasteiger partial charge on any atom is -0.383 e. The number of rotatable bonds is 4. The molecule has 106 valence electrons.